The summed E-state index contributed by atoms with van der Waals surface area (Å²) >= 11 is 1.76. The third kappa shape index (κ3) is 4.57. The van der Waals surface area contributed by atoms with Gasteiger partial charge in [0.15, 0.2) is 5.78 Å². The molecule has 2 aromatic heterocycles. The van der Waals surface area contributed by atoms with Crippen molar-refractivity contribution >= 4 is 29.3 Å². The van der Waals surface area contributed by atoms with E-state index in [0.29, 0.717) is 35.5 Å². The number of aromatic amines is 1. The van der Waals surface area contributed by atoms with Crippen molar-refractivity contribution in [2.24, 2.45) is 0 Å². The number of hydrogen-bond acceptors (Lipinski definition) is 5. The molecule has 0 spiro atoms. The number of carbonyl (C=O) groups is 2. The number of benzene rings is 1. The summed E-state index contributed by atoms with van der Waals surface area (Å²) in [5, 5.41) is 2.89. The summed E-state index contributed by atoms with van der Waals surface area (Å²) < 4.78 is 0. The smallest absolute Gasteiger partial charge is 0.252 e. The second-order valence-corrected chi connectivity index (χ2v) is 10.3. The minimum Gasteiger partial charge on any atom is -0.329 e. The van der Waals surface area contributed by atoms with Crippen LogP contribution in [0.25, 0.3) is 0 Å². The second-order valence-electron chi connectivity index (χ2n) is 8.97. The second kappa shape index (κ2) is 9.58. The number of nitrogens with zero attached hydrogens (tertiary/aromatic N) is 1. The van der Waals surface area contributed by atoms with Crippen molar-refractivity contribution in [3.05, 3.63) is 86.5 Å². The molecule has 0 saturated carbocycles. The van der Waals surface area contributed by atoms with Gasteiger partial charge < -0.3 is 10.3 Å². The Morgan fingerprint density at radius 1 is 1.15 bits per heavy atom. The van der Waals surface area contributed by atoms with E-state index in [2.05, 4.69) is 22.2 Å². The molecule has 0 saturated heterocycles. The van der Waals surface area contributed by atoms with Crippen molar-refractivity contribution < 1.29 is 9.59 Å². The van der Waals surface area contributed by atoms with E-state index < -0.39 is 5.41 Å². The maximum absolute atomic E-state index is 13.6. The predicted molar refractivity (Wildman–Crippen MR) is 136 cm³/mol. The SMILES string of the molecule is CCSc1ccc(CC(=O)Nc2cc(C)c3c(n2)CCC(C)(c2c(C)cc[nH]c2=O)C3=O)cc1. The molecular formula is C27H29N3O3S. The number of hydrogen-bond donors (Lipinski definition) is 2. The van der Waals surface area contributed by atoms with Crippen LogP contribution in [0.1, 0.15) is 58.6 Å². The minimum absolute atomic E-state index is 0.0959. The molecule has 6 nitrogen and oxygen atoms in total. The van der Waals surface area contributed by atoms with Crippen molar-refractivity contribution in [2.75, 3.05) is 11.1 Å². The van der Waals surface area contributed by atoms with Crippen LogP contribution in [-0.2, 0) is 23.1 Å². The molecule has 0 radical (unpaired) electrons. The van der Waals surface area contributed by atoms with Crippen molar-refractivity contribution in [2.45, 2.75) is 57.3 Å². The molecule has 2 N–H and O–H groups in total. The van der Waals surface area contributed by atoms with E-state index in [-0.39, 0.29) is 23.7 Å². The number of H-pyrrole nitrogens is 1. The first-order valence-electron chi connectivity index (χ1n) is 11.5. The number of thioether (sulfide) groups is 1. The number of ketones is 1. The molecule has 176 valence electrons. The van der Waals surface area contributed by atoms with Crippen LogP contribution in [0, 0.1) is 13.8 Å². The zero-order valence-corrected chi connectivity index (χ0v) is 20.8. The number of Topliss-reactive ketones (excluding diaryl/α,β-unsaturated/α-hetero) is 1. The number of rotatable bonds is 6. The maximum Gasteiger partial charge on any atom is 0.252 e. The van der Waals surface area contributed by atoms with E-state index >= 15 is 0 Å². The fraction of sp³-hybridized carbons (Fsp3) is 0.333. The molecule has 3 aromatic rings. The van der Waals surface area contributed by atoms with Gasteiger partial charge in [-0.05, 0) is 80.3 Å². The highest BCUT2D eigenvalue weighted by atomic mass is 32.2. The van der Waals surface area contributed by atoms with E-state index in [1.54, 1.807) is 24.0 Å². The third-order valence-electron chi connectivity index (χ3n) is 6.47. The highest BCUT2D eigenvalue weighted by molar-refractivity contribution is 7.99. The molecule has 4 rings (SSSR count). The first-order valence-corrected chi connectivity index (χ1v) is 12.5. The van der Waals surface area contributed by atoms with Gasteiger partial charge in [0, 0.05) is 22.2 Å². The van der Waals surface area contributed by atoms with Gasteiger partial charge in [-0.25, -0.2) is 4.98 Å². The Kier molecular flexibility index (Phi) is 6.75. The highest BCUT2D eigenvalue weighted by Crippen LogP contribution is 2.39. The quantitative estimate of drug-likeness (QED) is 0.501. The topological polar surface area (TPSA) is 91.9 Å². The van der Waals surface area contributed by atoms with Gasteiger partial charge in [-0.3, -0.25) is 14.4 Å². The van der Waals surface area contributed by atoms with Crippen LogP contribution >= 0.6 is 11.8 Å². The fourth-order valence-corrected chi connectivity index (χ4v) is 5.46. The fourth-order valence-electron chi connectivity index (χ4n) is 4.80. The summed E-state index contributed by atoms with van der Waals surface area (Å²) in [6, 6.07) is 11.6. The molecule has 34 heavy (non-hydrogen) atoms. The van der Waals surface area contributed by atoms with Gasteiger partial charge in [-0.2, -0.15) is 0 Å². The number of amides is 1. The predicted octanol–water partition coefficient (Wildman–Crippen LogP) is 4.77. The zero-order valence-electron chi connectivity index (χ0n) is 20.0. The monoisotopic (exact) mass is 475 g/mol. The van der Waals surface area contributed by atoms with E-state index in [9.17, 15) is 14.4 Å². The van der Waals surface area contributed by atoms with Gasteiger partial charge in [0.2, 0.25) is 5.91 Å². The van der Waals surface area contributed by atoms with E-state index in [0.717, 1.165) is 22.4 Å². The molecule has 1 aliphatic rings. The molecule has 1 atom stereocenters. The van der Waals surface area contributed by atoms with E-state index in [4.69, 9.17) is 0 Å². The molecule has 0 aliphatic heterocycles. The Morgan fingerprint density at radius 3 is 2.56 bits per heavy atom. The number of fused-ring (bicyclic) bond motifs is 1. The largest absolute Gasteiger partial charge is 0.329 e. The number of carbonyl (C=O) groups excluding carboxylic acids is 2. The molecule has 1 unspecified atom stereocenters. The maximum atomic E-state index is 13.6. The van der Waals surface area contributed by atoms with Gasteiger partial charge in [-0.15, -0.1) is 11.8 Å². The van der Waals surface area contributed by atoms with Crippen molar-refractivity contribution in [3.63, 3.8) is 0 Å². The molecule has 1 amide bonds. The molecule has 0 fully saturated rings. The molecule has 0 bridgehead atoms. The number of aromatic nitrogens is 2. The summed E-state index contributed by atoms with van der Waals surface area (Å²) in [5.41, 5.74) is 3.09. The molecular weight excluding hydrogens is 446 g/mol. The average molecular weight is 476 g/mol. The summed E-state index contributed by atoms with van der Waals surface area (Å²) in [7, 11) is 0. The van der Waals surface area contributed by atoms with Crippen molar-refractivity contribution in [3.8, 4) is 0 Å². The lowest BCUT2D eigenvalue weighted by Gasteiger charge is -2.34. The lowest BCUT2D eigenvalue weighted by Crippen LogP contribution is -2.43. The number of pyridine rings is 2. The van der Waals surface area contributed by atoms with Crippen LogP contribution < -0.4 is 10.9 Å². The van der Waals surface area contributed by atoms with Crippen LogP contribution in [0.4, 0.5) is 5.82 Å². The molecule has 1 aromatic carbocycles. The Hall–Kier alpha value is -3.19. The van der Waals surface area contributed by atoms with Crippen molar-refractivity contribution in [1.29, 1.82) is 0 Å². The summed E-state index contributed by atoms with van der Waals surface area (Å²) in [6.07, 6.45) is 2.89. The molecule has 7 heteroatoms. The van der Waals surface area contributed by atoms with Crippen molar-refractivity contribution in [1.82, 2.24) is 9.97 Å². The number of anilines is 1. The number of nitrogens with one attached hydrogen (secondary N) is 2. The van der Waals surface area contributed by atoms with Gasteiger partial charge in [0.25, 0.3) is 5.56 Å². The van der Waals surface area contributed by atoms with Crippen LogP contribution in [0.5, 0.6) is 0 Å². The average Bonchev–Trinajstić information content (AvgIpc) is 2.78. The first kappa shape index (κ1) is 24.0. The first-order chi connectivity index (χ1) is 16.2. The highest BCUT2D eigenvalue weighted by Gasteiger charge is 2.43. The van der Waals surface area contributed by atoms with Crippen LogP contribution in [-0.4, -0.2) is 27.4 Å². The van der Waals surface area contributed by atoms with Gasteiger partial charge in [0.05, 0.1) is 17.5 Å². The van der Waals surface area contributed by atoms with Crippen LogP contribution in [0.2, 0.25) is 0 Å². The van der Waals surface area contributed by atoms with E-state index in [1.165, 1.54) is 4.90 Å². The van der Waals surface area contributed by atoms with Gasteiger partial charge >= 0.3 is 0 Å². The molecule has 2 heterocycles. The summed E-state index contributed by atoms with van der Waals surface area (Å²) in [6.45, 7) is 7.66. The number of aryl methyl sites for hydroxylation is 3. The summed E-state index contributed by atoms with van der Waals surface area (Å²) in [4.78, 5) is 47.4. The Labute approximate surface area is 203 Å². The normalized spacial score (nSPS) is 17.4. The third-order valence-corrected chi connectivity index (χ3v) is 7.36. The summed E-state index contributed by atoms with van der Waals surface area (Å²) in [5.74, 6) is 1.21. The lowest BCUT2D eigenvalue weighted by atomic mass is 9.67. The van der Waals surface area contributed by atoms with Gasteiger partial charge in [-0.1, -0.05) is 19.1 Å². The van der Waals surface area contributed by atoms with Gasteiger partial charge in [0.1, 0.15) is 5.82 Å². The van der Waals surface area contributed by atoms with Crippen LogP contribution in [0.3, 0.4) is 0 Å². The Balaban J connectivity index is 1.55. The Bertz CT molecular complexity index is 1310. The van der Waals surface area contributed by atoms with Crippen LogP contribution in [0.15, 0.2) is 52.3 Å². The lowest BCUT2D eigenvalue weighted by molar-refractivity contribution is -0.115. The van der Waals surface area contributed by atoms with E-state index in [1.807, 2.05) is 51.1 Å². The Morgan fingerprint density at radius 2 is 1.88 bits per heavy atom. The zero-order chi connectivity index (χ0) is 24.5. The minimum atomic E-state index is -0.911. The molecule has 1 aliphatic carbocycles. The standard InChI is InChI=1S/C27H29N3O3S/c1-5-34-19-8-6-18(7-9-19)15-22(31)30-21-14-17(3)23-20(29-21)10-12-27(4,25(23)32)24-16(2)11-13-28-26(24)33/h6-9,11,13-14H,5,10,12,15H2,1-4H3,(H,28,33)(H,29,30,31).